The number of amides is 2. The molecule has 2 amide bonds. The van der Waals surface area contributed by atoms with Crippen LogP contribution in [0.15, 0.2) is 72.9 Å². The van der Waals surface area contributed by atoms with Crippen LogP contribution in [-0.2, 0) is 16.1 Å². The molecule has 30 heavy (non-hydrogen) atoms. The molecule has 1 N–H and O–H groups in total. The fourth-order valence-corrected chi connectivity index (χ4v) is 3.71. The van der Waals surface area contributed by atoms with Crippen LogP contribution in [0.2, 0.25) is 0 Å². The number of benzene rings is 2. The second kappa shape index (κ2) is 8.37. The van der Waals surface area contributed by atoms with Crippen molar-refractivity contribution < 1.29 is 18.9 Å². The van der Waals surface area contributed by atoms with Gasteiger partial charge >= 0.3 is 0 Å². The molecule has 1 aliphatic heterocycles. The zero-order valence-electron chi connectivity index (χ0n) is 17.0. The molecular weight excluding hydrogens is 378 g/mol. The van der Waals surface area contributed by atoms with Gasteiger partial charge in [0, 0.05) is 23.5 Å². The summed E-state index contributed by atoms with van der Waals surface area (Å²) in [6, 6.07) is 19.7. The third-order valence-electron chi connectivity index (χ3n) is 5.05. The van der Waals surface area contributed by atoms with E-state index in [4.69, 9.17) is 4.74 Å². The van der Waals surface area contributed by atoms with Crippen LogP contribution in [-0.4, -0.2) is 18.4 Å². The first-order valence-corrected chi connectivity index (χ1v) is 9.97. The van der Waals surface area contributed by atoms with E-state index in [0.717, 1.165) is 17.0 Å². The molecule has 2 aromatic carbocycles. The SMILES string of the molecule is CCOc1ccc(NC(=O)[C@@H]2c3cccc[n+]3CC(=O)N2c2cccc(C)c2)cc1. The Balaban J connectivity index is 1.70. The minimum Gasteiger partial charge on any atom is -0.494 e. The maximum atomic E-state index is 13.4. The number of hydrogen-bond donors (Lipinski definition) is 1. The molecule has 4 rings (SSSR count). The summed E-state index contributed by atoms with van der Waals surface area (Å²) in [5.74, 6) is 0.343. The molecular formula is C24H24N3O3+. The molecule has 152 valence electrons. The van der Waals surface area contributed by atoms with Crippen molar-refractivity contribution in [3.63, 3.8) is 0 Å². The van der Waals surface area contributed by atoms with Crippen molar-refractivity contribution in [3.05, 3.63) is 84.2 Å². The summed E-state index contributed by atoms with van der Waals surface area (Å²) in [5, 5.41) is 2.96. The van der Waals surface area contributed by atoms with Gasteiger partial charge in [0.1, 0.15) is 5.75 Å². The third-order valence-corrected chi connectivity index (χ3v) is 5.05. The molecule has 0 spiro atoms. The molecule has 6 heteroatoms. The molecule has 3 aromatic rings. The van der Waals surface area contributed by atoms with Gasteiger partial charge in [0.25, 0.3) is 11.8 Å². The van der Waals surface area contributed by atoms with E-state index in [9.17, 15) is 9.59 Å². The van der Waals surface area contributed by atoms with E-state index in [0.29, 0.717) is 18.0 Å². The van der Waals surface area contributed by atoms with Crippen molar-refractivity contribution in [3.8, 4) is 5.75 Å². The molecule has 0 unspecified atom stereocenters. The molecule has 0 saturated carbocycles. The number of anilines is 2. The highest BCUT2D eigenvalue weighted by molar-refractivity contribution is 6.05. The van der Waals surface area contributed by atoms with Gasteiger partial charge in [0.05, 0.1) is 6.61 Å². The lowest BCUT2D eigenvalue weighted by Gasteiger charge is -2.32. The number of rotatable bonds is 5. The predicted octanol–water partition coefficient (Wildman–Crippen LogP) is 3.41. The molecule has 0 aliphatic carbocycles. The maximum absolute atomic E-state index is 13.4. The number of aromatic nitrogens is 1. The van der Waals surface area contributed by atoms with Gasteiger partial charge in [-0.15, -0.1) is 0 Å². The molecule has 0 fully saturated rings. The normalized spacial score (nSPS) is 15.5. The number of pyridine rings is 1. The molecule has 6 nitrogen and oxygen atoms in total. The van der Waals surface area contributed by atoms with Gasteiger partial charge in [0.15, 0.2) is 6.20 Å². The summed E-state index contributed by atoms with van der Waals surface area (Å²) < 4.78 is 7.29. The highest BCUT2D eigenvalue weighted by atomic mass is 16.5. The number of carbonyl (C=O) groups is 2. The van der Waals surface area contributed by atoms with Crippen molar-refractivity contribution in [2.75, 3.05) is 16.8 Å². The average Bonchev–Trinajstić information content (AvgIpc) is 2.74. The van der Waals surface area contributed by atoms with Crippen LogP contribution in [0.1, 0.15) is 24.2 Å². The van der Waals surface area contributed by atoms with E-state index in [1.807, 2.05) is 79.2 Å². The van der Waals surface area contributed by atoms with E-state index < -0.39 is 6.04 Å². The Morgan fingerprint density at radius 2 is 1.93 bits per heavy atom. The van der Waals surface area contributed by atoms with E-state index in [1.165, 1.54) is 0 Å². The quantitative estimate of drug-likeness (QED) is 0.666. The molecule has 2 heterocycles. The fourth-order valence-electron chi connectivity index (χ4n) is 3.71. The van der Waals surface area contributed by atoms with Crippen molar-refractivity contribution in [2.45, 2.75) is 26.4 Å². The molecule has 0 bridgehead atoms. The number of nitrogens with zero attached hydrogens (tertiary/aromatic N) is 2. The van der Waals surface area contributed by atoms with Crippen molar-refractivity contribution in [2.24, 2.45) is 0 Å². The number of nitrogens with one attached hydrogen (secondary N) is 1. The van der Waals surface area contributed by atoms with Crippen LogP contribution in [0.5, 0.6) is 5.75 Å². The summed E-state index contributed by atoms with van der Waals surface area (Å²) in [6.45, 7) is 4.66. The monoisotopic (exact) mass is 402 g/mol. The zero-order chi connectivity index (χ0) is 21.1. The summed E-state index contributed by atoms with van der Waals surface area (Å²) in [7, 11) is 0. The van der Waals surface area contributed by atoms with Crippen molar-refractivity contribution >= 4 is 23.2 Å². The van der Waals surface area contributed by atoms with E-state index in [1.54, 1.807) is 17.0 Å². The minimum absolute atomic E-state index is 0.129. The third kappa shape index (κ3) is 3.89. The van der Waals surface area contributed by atoms with Crippen molar-refractivity contribution in [1.82, 2.24) is 0 Å². The number of carbonyl (C=O) groups excluding carboxylic acids is 2. The van der Waals surface area contributed by atoms with Gasteiger partial charge < -0.3 is 10.1 Å². The summed E-state index contributed by atoms with van der Waals surface area (Å²) in [6.07, 6.45) is 1.83. The summed E-state index contributed by atoms with van der Waals surface area (Å²) in [5.41, 5.74) is 3.15. The Morgan fingerprint density at radius 3 is 2.67 bits per heavy atom. The lowest BCUT2D eigenvalue weighted by Crippen LogP contribution is -2.58. The Kier molecular flexibility index (Phi) is 5.48. The molecule has 0 saturated heterocycles. The molecule has 0 radical (unpaired) electrons. The molecule has 1 aromatic heterocycles. The summed E-state index contributed by atoms with van der Waals surface area (Å²) >= 11 is 0. The Hall–Kier alpha value is -3.67. The Bertz CT molecular complexity index is 1080. The van der Waals surface area contributed by atoms with Gasteiger partial charge in [-0.2, -0.15) is 4.57 Å². The van der Waals surface area contributed by atoms with Crippen LogP contribution in [0, 0.1) is 6.92 Å². The number of ether oxygens (including phenoxy) is 1. The van der Waals surface area contributed by atoms with Crippen LogP contribution in [0.3, 0.4) is 0 Å². The van der Waals surface area contributed by atoms with Gasteiger partial charge in [-0.1, -0.05) is 18.2 Å². The van der Waals surface area contributed by atoms with E-state index >= 15 is 0 Å². The second-order valence-electron chi connectivity index (χ2n) is 7.21. The molecule has 1 atom stereocenters. The van der Waals surface area contributed by atoms with Gasteiger partial charge in [-0.25, -0.2) is 0 Å². The van der Waals surface area contributed by atoms with Crippen LogP contribution >= 0.6 is 0 Å². The van der Waals surface area contributed by atoms with Gasteiger partial charge in [-0.3, -0.25) is 14.5 Å². The van der Waals surface area contributed by atoms with Gasteiger partial charge in [0.2, 0.25) is 18.3 Å². The maximum Gasteiger partial charge on any atom is 0.294 e. The lowest BCUT2D eigenvalue weighted by atomic mass is 10.0. The number of aryl methyl sites for hydroxylation is 1. The molecule has 1 aliphatic rings. The van der Waals surface area contributed by atoms with Gasteiger partial charge in [-0.05, 0) is 55.8 Å². The Morgan fingerprint density at radius 1 is 1.13 bits per heavy atom. The first kappa shape index (κ1) is 19.6. The van der Waals surface area contributed by atoms with Crippen molar-refractivity contribution in [1.29, 1.82) is 0 Å². The smallest absolute Gasteiger partial charge is 0.294 e. The number of hydrogen-bond acceptors (Lipinski definition) is 3. The lowest BCUT2D eigenvalue weighted by molar-refractivity contribution is -0.695. The highest BCUT2D eigenvalue weighted by Gasteiger charge is 2.43. The van der Waals surface area contributed by atoms with E-state index in [2.05, 4.69) is 5.32 Å². The summed E-state index contributed by atoms with van der Waals surface area (Å²) in [4.78, 5) is 28.1. The van der Waals surface area contributed by atoms with Crippen LogP contribution in [0.4, 0.5) is 11.4 Å². The fraction of sp³-hybridized carbons (Fsp3) is 0.208. The topological polar surface area (TPSA) is 62.5 Å². The number of fused-ring (bicyclic) bond motifs is 1. The second-order valence-corrected chi connectivity index (χ2v) is 7.21. The first-order valence-electron chi connectivity index (χ1n) is 9.97. The zero-order valence-corrected chi connectivity index (χ0v) is 17.0. The predicted molar refractivity (Wildman–Crippen MR) is 114 cm³/mol. The highest BCUT2D eigenvalue weighted by Crippen LogP contribution is 2.30. The van der Waals surface area contributed by atoms with Crippen LogP contribution < -0.4 is 19.5 Å². The standard InChI is InChI=1S/C24H23N3O3/c1-3-30-20-12-10-18(11-13-20)25-24(29)23-21-9-4-5-14-26(21)16-22(28)27(23)19-8-6-7-17(2)15-19/h4-15,23H,3,16H2,1-2H3/p+1/t23-/m0/s1. The average molecular weight is 402 g/mol. The largest absolute Gasteiger partial charge is 0.494 e. The van der Waals surface area contributed by atoms with E-state index in [-0.39, 0.29) is 18.4 Å². The first-order chi connectivity index (χ1) is 14.6. The Labute approximate surface area is 175 Å². The minimum atomic E-state index is -0.777. The van der Waals surface area contributed by atoms with Crippen LogP contribution in [0.25, 0.3) is 0 Å².